The first-order valence-electron chi connectivity index (χ1n) is 6.93. The Kier molecular flexibility index (Phi) is 3.97. The lowest BCUT2D eigenvalue weighted by molar-refractivity contribution is 0.0700. The molecule has 2 aromatic heterocycles. The van der Waals surface area contributed by atoms with Crippen LogP contribution in [0.25, 0.3) is 0 Å². The molecule has 1 aliphatic heterocycles. The molecule has 0 spiro atoms. The molecule has 0 N–H and O–H groups in total. The Bertz CT molecular complexity index is 604. The number of hydrogen-bond acceptors (Lipinski definition) is 6. The van der Waals surface area contributed by atoms with Gasteiger partial charge in [0.25, 0.3) is 0 Å². The molecule has 0 saturated carbocycles. The van der Waals surface area contributed by atoms with Crippen LogP contribution in [0.3, 0.4) is 0 Å². The quantitative estimate of drug-likeness (QED) is 0.850. The van der Waals surface area contributed by atoms with Gasteiger partial charge in [0.1, 0.15) is 6.04 Å². The van der Waals surface area contributed by atoms with Gasteiger partial charge in [-0.15, -0.1) is 0 Å². The fourth-order valence-electron chi connectivity index (χ4n) is 2.61. The monoisotopic (exact) mass is 310 g/mol. The molecular weight excluding hydrogens is 292 g/mol. The molecule has 0 aromatic carbocycles. The number of rotatable bonds is 3. The highest BCUT2D eigenvalue weighted by atomic mass is 35.5. The van der Waals surface area contributed by atoms with E-state index in [0.717, 1.165) is 31.9 Å². The van der Waals surface area contributed by atoms with Gasteiger partial charge in [0.15, 0.2) is 5.82 Å². The molecule has 21 heavy (non-hydrogen) atoms. The van der Waals surface area contributed by atoms with E-state index < -0.39 is 0 Å². The van der Waals surface area contributed by atoms with Crippen LogP contribution in [-0.2, 0) is 13.6 Å². The molecule has 114 valence electrons. The van der Waals surface area contributed by atoms with Gasteiger partial charge in [-0.25, -0.2) is 0 Å². The third kappa shape index (κ3) is 2.95. The van der Waals surface area contributed by atoms with Crippen LogP contribution >= 0.6 is 11.6 Å². The zero-order chi connectivity index (χ0) is 15.0. The van der Waals surface area contributed by atoms with Gasteiger partial charge < -0.3 is 4.52 Å². The number of aromatic nitrogens is 4. The Balaban J connectivity index is 1.74. The topological polar surface area (TPSA) is 63.2 Å². The third-order valence-corrected chi connectivity index (χ3v) is 4.26. The fraction of sp³-hybridized carbons (Fsp3) is 0.615. The second kappa shape index (κ2) is 5.75. The van der Waals surface area contributed by atoms with Crippen LogP contribution in [0.1, 0.15) is 23.5 Å². The summed E-state index contributed by atoms with van der Waals surface area (Å²) < 4.78 is 7.16. The van der Waals surface area contributed by atoms with Crippen molar-refractivity contribution in [3.05, 3.63) is 28.6 Å². The standard InChI is InChI=1S/C13H19ClN6O/c1-9-16-13(21-17-9)12-8-20(5-4-18(12)2)7-11-10(14)6-15-19(11)3/h6,12H,4-5,7-8H2,1-3H3/t12-/m0/s1. The smallest absolute Gasteiger partial charge is 0.245 e. The Labute approximate surface area is 128 Å². The summed E-state index contributed by atoms with van der Waals surface area (Å²) in [6, 6.07) is 0.118. The van der Waals surface area contributed by atoms with E-state index >= 15 is 0 Å². The summed E-state index contributed by atoms with van der Waals surface area (Å²) in [7, 11) is 3.99. The largest absolute Gasteiger partial charge is 0.338 e. The zero-order valence-corrected chi connectivity index (χ0v) is 13.2. The summed E-state index contributed by atoms with van der Waals surface area (Å²) in [6.45, 7) is 5.36. The van der Waals surface area contributed by atoms with Gasteiger partial charge in [-0.05, 0) is 14.0 Å². The van der Waals surface area contributed by atoms with Gasteiger partial charge in [-0.2, -0.15) is 10.1 Å². The number of nitrogens with zero attached hydrogens (tertiary/aromatic N) is 6. The van der Waals surface area contributed by atoms with Crippen molar-refractivity contribution < 1.29 is 4.52 Å². The fourth-order valence-corrected chi connectivity index (χ4v) is 2.84. The van der Waals surface area contributed by atoms with Crippen molar-refractivity contribution in [2.45, 2.75) is 19.5 Å². The molecule has 0 unspecified atom stereocenters. The highest BCUT2D eigenvalue weighted by Gasteiger charge is 2.30. The zero-order valence-electron chi connectivity index (χ0n) is 12.5. The molecule has 3 heterocycles. The third-order valence-electron chi connectivity index (χ3n) is 3.94. The molecule has 0 bridgehead atoms. The van der Waals surface area contributed by atoms with Gasteiger partial charge in [-0.3, -0.25) is 14.5 Å². The van der Waals surface area contributed by atoms with Crippen molar-refractivity contribution in [3.63, 3.8) is 0 Å². The van der Waals surface area contributed by atoms with Gasteiger partial charge in [0.2, 0.25) is 5.89 Å². The Morgan fingerprint density at radius 2 is 2.19 bits per heavy atom. The van der Waals surface area contributed by atoms with Crippen molar-refractivity contribution in [3.8, 4) is 0 Å². The maximum absolute atomic E-state index is 6.19. The average Bonchev–Trinajstić information content (AvgIpc) is 3.01. The van der Waals surface area contributed by atoms with Crippen LogP contribution in [0, 0.1) is 6.92 Å². The van der Waals surface area contributed by atoms with Gasteiger partial charge in [-0.1, -0.05) is 16.8 Å². The molecule has 1 atom stereocenters. The van der Waals surface area contributed by atoms with Crippen LogP contribution in [0.15, 0.2) is 10.7 Å². The van der Waals surface area contributed by atoms with Crippen LogP contribution in [0.5, 0.6) is 0 Å². The van der Waals surface area contributed by atoms with Crippen molar-refractivity contribution in [2.24, 2.45) is 7.05 Å². The lowest BCUT2D eigenvalue weighted by Crippen LogP contribution is -2.46. The molecule has 0 amide bonds. The van der Waals surface area contributed by atoms with E-state index in [2.05, 4.69) is 32.1 Å². The molecule has 0 radical (unpaired) electrons. The maximum atomic E-state index is 6.19. The summed E-state index contributed by atoms with van der Waals surface area (Å²) in [5, 5.41) is 8.78. The highest BCUT2D eigenvalue weighted by Crippen LogP contribution is 2.25. The predicted molar refractivity (Wildman–Crippen MR) is 77.9 cm³/mol. The number of piperazine rings is 1. The van der Waals surface area contributed by atoms with E-state index in [9.17, 15) is 0 Å². The van der Waals surface area contributed by atoms with Gasteiger partial charge in [0, 0.05) is 33.2 Å². The molecular formula is C13H19ClN6O. The number of halogens is 1. The molecule has 1 saturated heterocycles. The Hall–Kier alpha value is -1.44. The number of aryl methyl sites for hydroxylation is 2. The molecule has 8 heteroatoms. The van der Waals surface area contributed by atoms with Crippen molar-refractivity contribution in [1.29, 1.82) is 0 Å². The second-order valence-corrected chi connectivity index (χ2v) is 5.88. The highest BCUT2D eigenvalue weighted by molar-refractivity contribution is 6.31. The van der Waals surface area contributed by atoms with Crippen molar-refractivity contribution >= 4 is 11.6 Å². The van der Waals surface area contributed by atoms with Crippen LogP contribution < -0.4 is 0 Å². The van der Waals surface area contributed by atoms with Crippen LogP contribution in [-0.4, -0.2) is 56.4 Å². The SMILES string of the molecule is Cc1noc([C@@H]2CN(Cc3c(Cl)cnn3C)CCN2C)n1. The maximum Gasteiger partial charge on any atom is 0.245 e. The minimum Gasteiger partial charge on any atom is -0.338 e. The van der Waals surface area contributed by atoms with E-state index in [4.69, 9.17) is 16.1 Å². The van der Waals surface area contributed by atoms with E-state index in [1.54, 1.807) is 6.20 Å². The van der Waals surface area contributed by atoms with E-state index in [1.807, 2.05) is 18.7 Å². The second-order valence-electron chi connectivity index (χ2n) is 5.47. The van der Waals surface area contributed by atoms with Crippen LogP contribution in [0.2, 0.25) is 5.02 Å². The molecule has 0 aliphatic carbocycles. The molecule has 1 fully saturated rings. The summed E-state index contributed by atoms with van der Waals surface area (Å²) in [5.74, 6) is 1.35. The summed E-state index contributed by atoms with van der Waals surface area (Å²) in [6.07, 6.45) is 1.69. The Morgan fingerprint density at radius 3 is 2.81 bits per heavy atom. The molecule has 2 aromatic rings. The van der Waals surface area contributed by atoms with Crippen molar-refractivity contribution in [1.82, 2.24) is 29.7 Å². The van der Waals surface area contributed by atoms with Gasteiger partial charge >= 0.3 is 0 Å². The lowest BCUT2D eigenvalue weighted by atomic mass is 10.1. The first-order valence-corrected chi connectivity index (χ1v) is 7.31. The van der Waals surface area contributed by atoms with Crippen molar-refractivity contribution in [2.75, 3.05) is 26.7 Å². The van der Waals surface area contributed by atoms with E-state index in [-0.39, 0.29) is 6.04 Å². The summed E-state index contributed by atoms with van der Waals surface area (Å²) in [4.78, 5) is 8.95. The minimum absolute atomic E-state index is 0.118. The molecule has 7 nitrogen and oxygen atoms in total. The minimum atomic E-state index is 0.118. The average molecular weight is 311 g/mol. The molecule has 1 aliphatic rings. The predicted octanol–water partition coefficient (Wildman–Crippen LogP) is 1.25. The van der Waals surface area contributed by atoms with E-state index in [1.165, 1.54) is 0 Å². The summed E-state index contributed by atoms with van der Waals surface area (Å²) >= 11 is 6.19. The first kappa shape index (κ1) is 14.5. The number of hydrogen-bond donors (Lipinski definition) is 0. The summed E-state index contributed by atoms with van der Waals surface area (Å²) in [5.41, 5.74) is 1.03. The van der Waals surface area contributed by atoms with Gasteiger partial charge in [0.05, 0.1) is 16.9 Å². The normalized spacial score (nSPS) is 21.0. The number of likely N-dealkylation sites (N-methyl/N-ethyl adjacent to an activating group) is 1. The molecule has 3 rings (SSSR count). The lowest BCUT2D eigenvalue weighted by Gasteiger charge is -2.37. The van der Waals surface area contributed by atoms with E-state index in [0.29, 0.717) is 16.7 Å². The Morgan fingerprint density at radius 1 is 1.38 bits per heavy atom. The first-order chi connectivity index (χ1) is 10.0. The van der Waals surface area contributed by atoms with Crippen LogP contribution in [0.4, 0.5) is 0 Å².